The van der Waals surface area contributed by atoms with Crippen LogP contribution in [0.1, 0.15) is 31.7 Å². The summed E-state index contributed by atoms with van der Waals surface area (Å²) in [5, 5.41) is 7.19. The molecule has 0 spiro atoms. The summed E-state index contributed by atoms with van der Waals surface area (Å²) < 4.78 is 0. The van der Waals surface area contributed by atoms with Crippen LogP contribution >= 0.6 is 0 Å². The topological polar surface area (TPSA) is 66.6 Å². The quantitative estimate of drug-likeness (QED) is 0.807. The summed E-state index contributed by atoms with van der Waals surface area (Å²) in [6.45, 7) is 4.73. The molecule has 1 aromatic rings. The Morgan fingerprint density at radius 2 is 2.06 bits per heavy atom. The van der Waals surface area contributed by atoms with Crippen molar-refractivity contribution in [3.63, 3.8) is 0 Å². The molecule has 18 heavy (non-hydrogen) atoms. The molecule has 0 saturated carbocycles. The number of anilines is 1. The lowest BCUT2D eigenvalue weighted by Gasteiger charge is -2.18. The average Bonchev–Trinajstić information content (AvgIpc) is 2.73. The summed E-state index contributed by atoms with van der Waals surface area (Å²) in [5.41, 5.74) is 7.03. The van der Waals surface area contributed by atoms with Gasteiger partial charge in [-0.1, -0.05) is 38.0 Å². The molecule has 0 fully saturated rings. The van der Waals surface area contributed by atoms with Crippen LogP contribution in [0.5, 0.6) is 0 Å². The third-order valence-corrected chi connectivity index (χ3v) is 3.01. The minimum atomic E-state index is -1.33. The molecule has 100 valence electrons. The maximum atomic E-state index is 8.78. The molecule has 0 bridgehead atoms. The van der Waals surface area contributed by atoms with E-state index in [1.807, 2.05) is 0 Å². The van der Waals surface area contributed by atoms with E-state index in [0.717, 1.165) is 0 Å². The van der Waals surface area contributed by atoms with Gasteiger partial charge in [0.1, 0.15) is 0 Å². The second kappa shape index (κ2) is 7.58. The van der Waals surface area contributed by atoms with Gasteiger partial charge in [0.15, 0.2) is 0 Å². The SMILES string of the molecule is CCCCCN1CCc2ccccc21.NC(=O)O. The summed E-state index contributed by atoms with van der Waals surface area (Å²) in [4.78, 5) is 11.3. The standard InChI is InChI=1S/C13H19N.CH3NO2/c1-2-3-6-10-14-11-9-12-7-4-5-8-13(12)14;2-1(3)4/h4-5,7-8H,2-3,6,9-11H2,1H3;2H2,(H,3,4). The molecule has 1 aromatic carbocycles. The fraction of sp³-hybridized carbons (Fsp3) is 0.500. The molecule has 2 rings (SSSR count). The van der Waals surface area contributed by atoms with Crippen molar-refractivity contribution in [2.45, 2.75) is 32.6 Å². The molecule has 0 unspecified atom stereocenters. The maximum Gasteiger partial charge on any atom is 0.402 e. The normalized spacial score (nSPS) is 12.6. The molecule has 1 aliphatic heterocycles. The highest BCUT2D eigenvalue weighted by atomic mass is 16.4. The van der Waals surface area contributed by atoms with Gasteiger partial charge in [-0.25, -0.2) is 4.79 Å². The number of primary amides is 1. The number of hydrogen-bond acceptors (Lipinski definition) is 2. The number of fused-ring (bicyclic) bond motifs is 1. The highest BCUT2D eigenvalue weighted by Gasteiger charge is 2.16. The summed E-state index contributed by atoms with van der Waals surface area (Å²) in [6.07, 6.45) is 3.92. The van der Waals surface area contributed by atoms with Crippen molar-refractivity contribution in [3.05, 3.63) is 29.8 Å². The Labute approximate surface area is 108 Å². The number of unbranched alkanes of at least 4 members (excludes halogenated alkanes) is 2. The molecule has 0 saturated heterocycles. The zero-order valence-electron chi connectivity index (χ0n) is 10.9. The van der Waals surface area contributed by atoms with E-state index >= 15 is 0 Å². The fourth-order valence-corrected chi connectivity index (χ4v) is 2.19. The van der Waals surface area contributed by atoms with Crippen LogP contribution < -0.4 is 10.6 Å². The molecule has 1 heterocycles. The smallest absolute Gasteiger partial charge is 0.402 e. The third-order valence-electron chi connectivity index (χ3n) is 3.01. The van der Waals surface area contributed by atoms with Gasteiger partial charge in [-0.15, -0.1) is 0 Å². The van der Waals surface area contributed by atoms with Crippen LogP contribution in [0.3, 0.4) is 0 Å². The van der Waals surface area contributed by atoms with Gasteiger partial charge in [0, 0.05) is 18.8 Å². The summed E-state index contributed by atoms with van der Waals surface area (Å²) >= 11 is 0. The van der Waals surface area contributed by atoms with Gasteiger partial charge < -0.3 is 15.7 Å². The van der Waals surface area contributed by atoms with Crippen molar-refractivity contribution < 1.29 is 9.90 Å². The molecule has 1 amide bonds. The van der Waals surface area contributed by atoms with Crippen molar-refractivity contribution in [1.29, 1.82) is 0 Å². The Morgan fingerprint density at radius 3 is 2.72 bits per heavy atom. The number of nitrogens with two attached hydrogens (primary N) is 1. The van der Waals surface area contributed by atoms with E-state index in [4.69, 9.17) is 9.90 Å². The highest BCUT2D eigenvalue weighted by Crippen LogP contribution is 2.27. The van der Waals surface area contributed by atoms with E-state index < -0.39 is 6.09 Å². The van der Waals surface area contributed by atoms with E-state index in [0.29, 0.717) is 0 Å². The Bertz CT molecular complexity index is 376. The Hall–Kier alpha value is -1.71. The fourth-order valence-electron chi connectivity index (χ4n) is 2.19. The van der Waals surface area contributed by atoms with Gasteiger partial charge in [-0.05, 0) is 24.5 Å². The van der Waals surface area contributed by atoms with Crippen LogP contribution in [0.4, 0.5) is 10.5 Å². The first kappa shape index (κ1) is 14.4. The number of hydrogen-bond donors (Lipinski definition) is 2. The van der Waals surface area contributed by atoms with E-state index in [9.17, 15) is 0 Å². The number of benzene rings is 1. The van der Waals surface area contributed by atoms with Crippen LogP contribution in [0.25, 0.3) is 0 Å². The van der Waals surface area contributed by atoms with Crippen molar-refractivity contribution in [3.8, 4) is 0 Å². The first-order valence-electron chi connectivity index (χ1n) is 6.46. The van der Waals surface area contributed by atoms with E-state index in [1.165, 1.54) is 50.0 Å². The number of para-hydroxylation sites is 1. The van der Waals surface area contributed by atoms with Crippen LogP contribution in [0, 0.1) is 0 Å². The van der Waals surface area contributed by atoms with E-state index in [-0.39, 0.29) is 0 Å². The number of amides is 1. The number of carbonyl (C=O) groups is 1. The third kappa shape index (κ3) is 4.65. The van der Waals surface area contributed by atoms with Crippen molar-refractivity contribution >= 4 is 11.8 Å². The molecule has 3 N–H and O–H groups in total. The molecule has 0 atom stereocenters. The van der Waals surface area contributed by atoms with Crippen molar-refractivity contribution in [2.24, 2.45) is 5.73 Å². The molecule has 1 aliphatic rings. The Morgan fingerprint density at radius 1 is 1.39 bits per heavy atom. The summed E-state index contributed by atoms with van der Waals surface area (Å²) in [5.74, 6) is 0. The summed E-state index contributed by atoms with van der Waals surface area (Å²) in [7, 11) is 0. The predicted molar refractivity (Wildman–Crippen MR) is 74.1 cm³/mol. The van der Waals surface area contributed by atoms with Gasteiger partial charge in [0.25, 0.3) is 0 Å². The lowest BCUT2D eigenvalue weighted by molar-refractivity contribution is 0.205. The monoisotopic (exact) mass is 250 g/mol. The van der Waals surface area contributed by atoms with Crippen molar-refractivity contribution in [2.75, 3.05) is 18.0 Å². The Balaban J connectivity index is 0.000000357. The van der Waals surface area contributed by atoms with Gasteiger partial charge in [0.2, 0.25) is 0 Å². The summed E-state index contributed by atoms with van der Waals surface area (Å²) in [6, 6.07) is 8.81. The van der Waals surface area contributed by atoms with Crippen LogP contribution in [-0.4, -0.2) is 24.3 Å². The molecule has 0 radical (unpaired) electrons. The van der Waals surface area contributed by atoms with Gasteiger partial charge in [-0.2, -0.15) is 0 Å². The number of carboxylic acid groups (broad SMARTS) is 1. The van der Waals surface area contributed by atoms with Gasteiger partial charge in [0.05, 0.1) is 0 Å². The molecule has 4 nitrogen and oxygen atoms in total. The number of rotatable bonds is 4. The first-order chi connectivity index (χ1) is 8.65. The van der Waals surface area contributed by atoms with E-state index in [1.54, 1.807) is 0 Å². The molecule has 0 aliphatic carbocycles. The highest BCUT2D eigenvalue weighted by molar-refractivity contribution is 5.61. The largest absolute Gasteiger partial charge is 0.465 e. The Kier molecular flexibility index (Phi) is 6.05. The first-order valence-corrected chi connectivity index (χ1v) is 6.46. The van der Waals surface area contributed by atoms with Crippen LogP contribution in [0.15, 0.2) is 24.3 Å². The molecule has 4 heteroatoms. The zero-order valence-corrected chi connectivity index (χ0v) is 10.9. The molecular weight excluding hydrogens is 228 g/mol. The van der Waals surface area contributed by atoms with E-state index in [2.05, 4.69) is 41.8 Å². The van der Waals surface area contributed by atoms with Crippen LogP contribution in [0.2, 0.25) is 0 Å². The lowest BCUT2D eigenvalue weighted by Crippen LogP contribution is -2.21. The lowest BCUT2D eigenvalue weighted by atomic mass is 10.2. The maximum absolute atomic E-state index is 8.78. The molecular formula is C14H22N2O2. The second-order valence-corrected chi connectivity index (χ2v) is 4.41. The molecule has 0 aromatic heterocycles. The second-order valence-electron chi connectivity index (χ2n) is 4.41. The predicted octanol–water partition coefficient (Wildman–Crippen LogP) is 2.86. The minimum Gasteiger partial charge on any atom is -0.465 e. The van der Waals surface area contributed by atoms with Crippen LogP contribution in [-0.2, 0) is 6.42 Å². The van der Waals surface area contributed by atoms with Gasteiger partial charge in [-0.3, -0.25) is 0 Å². The average molecular weight is 250 g/mol. The minimum absolute atomic E-state index is 1.23. The van der Waals surface area contributed by atoms with Gasteiger partial charge >= 0.3 is 6.09 Å². The van der Waals surface area contributed by atoms with Crippen molar-refractivity contribution in [1.82, 2.24) is 0 Å². The number of nitrogens with zero attached hydrogens (tertiary/aromatic N) is 1. The zero-order chi connectivity index (χ0) is 13.4.